The Morgan fingerprint density at radius 2 is 2.06 bits per heavy atom. The predicted octanol–water partition coefficient (Wildman–Crippen LogP) is 3.96. The quantitative estimate of drug-likeness (QED) is 0.385. The van der Waals surface area contributed by atoms with E-state index in [-0.39, 0.29) is 35.0 Å². The highest BCUT2D eigenvalue weighted by molar-refractivity contribution is 5.67. The minimum atomic E-state index is -4.80. The average Bonchev–Trinajstić information content (AvgIpc) is 3.50. The number of anilines is 2. The number of alkyl carbamates (subject to hydrolysis) is 1. The van der Waals surface area contributed by atoms with Crippen molar-refractivity contribution in [3.63, 3.8) is 0 Å². The van der Waals surface area contributed by atoms with Crippen molar-refractivity contribution in [3.8, 4) is 5.88 Å². The normalized spacial score (nSPS) is 20.2. The number of aromatic amines is 1. The van der Waals surface area contributed by atoms with E-state index in [4.69, 9.17) is 9.47 Å². The van der Waals surface area contributed by atoms with Gasteiger partial charge in [0.15, 0.2) is 5.82 Å². The molecule has 0 radical (unpaired) electrons. The van der Waals surface area contributed by atoms with Gasteiger partial charge in [0, 0.05) is 36.0 Å². The zero-order valence-corrected chi connectivity index (χ0v) is 19.6. The zero-order valence-electron chi connectivity index (χ0n) is 19.6. The number of imidazole rings is 1. The summed E-state index contributed by atoms with van der Waals surface area (Å²) in [5, 5.41) is 12.4. The number of nitrogens with zero attached hydrogens (tertiary/aromatic N) is 4. The van der Waals surface area contributed by atoms with Gasteiger partial charge in [0.1, 0.15) is 17.9 Å². The molecule has 3 N–H and O–H groups in total. The SMILES string of the molecule is COc1cc2nc(COC(F)(F)F)cn2c(Nc2cc([C@@H]3CC[C@H](OC(=O)NC(C)C)[C@H]3F)[nH]n2)n1. The molecule has 0 aliphatic heterocycles. The van der Waals surface area contributed by atoms with Crippen molar-refractivity contribution in [2.75, 3.05) is 12.4 Å². The largest absolute Gasteiger partial charge is 0.522 e. The minimum Gasteiger partial charge on any atom is -0.481 e. The van der Waals surface area contributed by atoms with Gasteiger partial charge in [-0.3, -0.25) is 14.2 Å². The summed E-state index contributed by atoms with van der Waals surface area (Å²) in [6, 6.07) is 2.90. The van der Waals surface area contributed by atoms with Gasteiger partial charge in [-0.2, -0.15) is 10.1 Å². The van der Waals surface area contributed by atoms with E-state index in [9.17, 15) is 18.0 Å². The number of hydrogen-bond acceptors (Lipinski definition) is 8. The molecule has 196 valence electrons. The lowest BCUT2D eigenvalue weighted by atomic mass is 10.0. The van der Waals surface area contributed by atoms with Gasteiger partial charge in [-0.05, 0) is 26.7 Å². The Balaban J connectivity index is 1.49. The maximum atomic E-state index is 15.0. The van der Waals surface area contributed by atoms with Crippen molar-refractivity contribution >= 4 is 23.5 Å². The molecule has 3 atom stereocenters. The van der Waals surface area contributed by atoms with Crippen LogP contribution < -0.4 is 15.4 Å². The van der Waals surface area contributed by atoms with E-state index < -0.39 is 37.3 Å². The van der Waals surface area contributed by atoms with Gasteiger partial charge in [0.25, 0.3) is 0 Å². The van der Waals surface area contributed by atoms with Crippen molar-refractivity contribution in [1.82, 2.24) is 29.9 Å². The molecule has 36 heavy (non-hydrogen) atoms. The van der Waals surface area contributed by atoms with Crippen LogP contribution in [0.2, 0.25) is 0 Å². The summed E-state index contributed by atoms with van der Waals surface area (Å²) < 4.78 is 67.9. The van der Waals surface area contributed by atoms with Gasteiger partial charge in [0.2, 0.25) is 11.8 Å². The van der Waals surface area contributed by atoms with Crippen molar-refractivity contribution < 1.29 is 36.6 Å². The van der Waals surface area contributed by atoms with Gasteiger partial charge >= 0.3 is 12.5 Å². The second-order valence-electron chi connectivity index (χ2n) is 8.52. The van der Waals surface area contributed by atoms with Crippen LogP contribution in [0.25, 0.3) is 5.65 Å². The number of halogens is 4. The molecule has 1 amide bonds. The zero-order chi connectivity index (χ0) is 26.0. The summed E-state index contributed by atoms with van der Waals surface area (Å²) >= 11 is 0. The highest BCUT2D eigenvalue weighted by Crippen LogP contribution is 2.38. The Morgan fingerprint density at radius 3 is 2.75 bits per heavy atom. The molecule has 1 saturated carbocycles. The number of carbonyl (C=O) groups excluding carboxylic acids is 1. The summed E-state index contributed by atoms with van der Waals surface area (Å²) in [6.07, 6.45) is -5.64. The number of H-pyrrole nitrogens is 1. The average molecular weight is 515 g/mol. The fraction of sp³-hybridized carbons (Fsp3) is 0.524. The fourth-order valence-corrected chi connectivity index (χ4v) is 3.92. The first-order valence-electron chi connectivity index (χ1n) is 11.1. The number of rotatable bonds is 8. The molecule has 0 spiro atoms. The van der Waals surface area contributed by atoms with Crippen LogP contribution >= 0.6 is 0 Å². The van der Waals surface area contributed by atoms with Crippen LogP contribution in [0.1, 0.15) is 44.0 Å². The topological polar surface area (TPSA) is 128 Å². The summed E-state index contributed by atoms with van der Waals surface area (Å²) in [5.41, 5.74) is 0.775. The van der Waals surface area contributed by atoms with Gasteiger partial charge in [0.05, 0.1) is 19.4 Å². The summed E-state index contributed by atoms with van der Waals surface area (Å²) in [6.45, 7) is 2.77. The summed E-state index contributed by atoms with van der Waals surface area (Å²) in [7, 11) is 1.38. The Morgan fingerprint density at radius 1 is 1.28 bits per heavy atom. The summed E-state index contributed by atoms with van der Waals surface area (Å²) in [4.78, 5) is 20.2. The van der Waals surface area contributed by atoms with Crippen LogP contribution in [0.15, 0.2) is 18.3 Å². The predicted molar refractivity (Wildman–Crippen MR) is 118 cm³/mol. The maximum Gasteiger partial charge on any atom is 0.522 e. The first-order chi connectivity index (χ1) is 17.0. The number of nitrogens with one attached hydrogen (secondary N) is 3. The highest BCUT2D eigenvalue weighted by Gasteiger charge is 2.41. The Hall–Kier alpha value is -3.62. The van der Waals surface area contributed by atoms with E-state index in [2.05, 4.69) is 35.5 Å². The lowest BCUT2D eigenvalue weighted by Gasteiger charge is -2.18. The minimum absolute atomic E-state index is 0.0203. The molecule has 3 aromatic heterocycles. The molecule has 15 heteroatoms. The van der Waals surface area contributed by atoms with Crippen LogP contribution in [0, 0.1) is 0 Å². The van der Waals surface area contributed by atoms with Gasteiger partial charge < -0.3 is 20.1 Å². The monoisotopic (exact) mass is 515 g/mol. The van der Waals surface area contributed by atoms with Gasteiger partial charge in [-0.15, -0.1) is 13.2 Å². The number of ether oxygens (including phenoxy) is 3. The molecular weight excluding hydrogens is 490 g/mol. The molecule has 0 saturated heterocycles. The molecule has 11 nitrogen and oxygen atoms in total. The Bertz CT molecular complexity index is 1210. The van der Waals surface area contributed by atoms with Crippen molar-refractivity contribution in [1.29, 1.82) is 0 Å². The first kappa shape index (κ1) is 25.5. The molecule has 4 rings (SSSR count). The van der Waals surface area contributed by atoms with Crippen molar-refractivity contribution in [2.24, 2.45) is 0 Å². The molecule has 0 unspecified atom stereocenters. The van der Waals surface area contributed by atoms with Crippen LogP contribution in [-0.2, 0) is 16.1 Å². The molecule has 1 fully saturated rings. The molecule has 1 aliphatic carbocycles. The van der Waals surface area contributed by atoms with Crippen LogP contribution in [0.4, 0.5) is 34.1 Å². The maximum absolute atomic E-state index is 15.0. The molecule has 0 bridgehead atoms. The number of carbonyl (C=O) groups is 1. The molecule has 3 heterocycles. The molecule has 0 aromatic carbocycles. The van der Waals surface area contributed by atoms with Crippen molar-refractivity contribution in [2.45, 2.75) is 63.9 Å². The first-order valence-corrected chi connectivity index (χ1v) is 11.1. The van der Waals surface area contributed by atoms with Crippen LogP contribution in [0.3, 0.4) is 0 Å². The molecular formula is C21H25F4N7O4. The third-order valence-electron chi connectivity index (χ3n) is 5.48. The fourth-order valence-electron chi connectivity index (χ4n) is 3.92. The third-order valence-corrected chi connectivity index (χ3v) is 5.48. The highest BCUT2D eigenvalue weighted by atomic mass is 19.4. The van der Waals surface area contributed by atoms with Crippen molar-refractivity contribution in [3.05, 3.63) is 29.7 Å². The van der Waals surface area contributed by atoms with Crippen LogP contribution in [-0.4, -0.2) is 62.4 Å². The Labute approximate surface area is 202 Å². The smallest absolute Gasteiger partial charge is 0.481 e. The second-order valence-corrected chi connectivity index (χ2v) is 8.52. The van der Waals surface area contributed by atoms with Gasteiger partial charge in [-0.25, -0.2) is 14.2 Å². The lowest BCUT2D eigenvalue weighted by Crippen LogP contribution is -2.36. The van der Waals surface area contributed by atoms with E-state index in [1.807, 2.05) is 0 Å². The number of aromatic nitrogens is 5. The van der Waals surface area contributed by atoms with E-state index in [1.165, 1.54) is 23.8 Å². The third kappa shape index (κ3) is 5.95. The second kappa shape index (κ2) is 10.2. The molecule has 3 aromatic rings. The number of hydrogen-bond donors (Lipinski definition) is 3. The lowest BCUT2D eigenvalue weighted by molar-refractivity contribution is -0.330. The summed E-state index contributed by atoms with van der Waals surface area (Å²) in [5.74, 6) is 0.0300. The number of methoxy groups -OCH3 is 1. The molecule has 1 aliphatic rings. The van der Waals surface area contributed by atoms with E-state index in [1.54, 1.807) is 19.9 Å². The van der Waals surface area contributed by atoms with E-state index >= 15 is 4.39 Å². The van der Waals surface area contributed by atoms with E-state index in [0.29, 0.717) is 18.5 Å². The Kier molecular flexibility index (Phi) is 7.19. The van der Waals surface area contributed by atoms with E-state index in [0.717, 1.165) is 0 Å². The number of alkyl halides is 4. The van der Waals surface area contributed by atoms with Gasteiger partial charge in [-0.1, -0.05) is 0 Å². The standard InChI is InChI=1S/C21H25F4N7O4/c1-10(2)26-20(33)36-14-5-4-12(18(14)22)13-6-15(31-30-13)28-19-29-17(34-3)7-16-27-11(8-32(16)19)9-35-21(23,24)25/h6-8,10,12,14,18H,4-5,9H2,1-3H3,(H,26,33)(H2,28,29,30,31)/t12-,14-,18-/m0/s1. The number of amides is 1. The van der Waals surface area contributed by atoms with Crippen LogP contribution in [0.5, 0.6) is 5.88 Å². The number of fused-ring (bicyclic) bond motifs is 1.